The van der Waals surface area contributed by atoms with Crippen LogP contribution < -0.4 is 4.74 Å². The van der Waals surface area contributed by atoms with Crippen LogP contribution in [0.5, 0.6) is 5.75 Å². The Bertz CT molecular complexity index is 742. The third-order valence-corrected chi connectivity index (χ3v) is 6.84. The number of hydrogen-bond acceptors (Lipinski definition) is 5. The van der Waals surface area contributed by atoms with E-state index in [1.807, 2.05) is 0 Å². The van der Waals surface area contributed by atoms with Gasteiger partial charge >= 0.3 is 0 Å². The maximum Gasteiger partial charge on any atom is 0.262 e. The van der Waals surface area contributed by atoms with Crippen molar-refractivity contribution < 1.29 is 21.6 Å². The SMILES string of the molecule is O=S1(=O)CCC(Oc2ccc(S(=O)(=O)Cl)c(Cl)c2Cl)C1. The summed E-state index contributed by atoms with van der Waals surface area (Å²) in [5, 5.41) is -0.363. The first kappa shape index (κ1) is 16.2. The Morgan fingerprint density at radius 3 is 2.35 bits per heavy atom. The van der Waals surface area contributed by atoms with Crippen LogP contribution in [0.4, 0.5) is 0 Å². The lowest BCUT2D eigenvalue weighted by Gasteiger charge is -2.14. The zero-order valence-electron chi connectivity index (χ0n) is 9.85. The average Bonchev–Trinajstić information content (AvgIpc) is 2.63. The fourth-order valence-electron chi connectivity index (χ4n) is 1.83. The standard InChI is InChI=1S/C10H9Cl3O5S2/c11-9-7(18-6-3-4-19(14,15)5-6)1-2-8(10(9)12)20(13,16)17/h1-2,6H,3-5H2. The second-order valence-corrected chi connectivity index (χ2v) is 9.79. The van der Waals surface area contributed by atoms with E-state index in [-0.39, 0.29) is 32.2 Å². The van der Waals surface area contributed by atoms with E-state index >= 15 is 0 Å². The van der Waals surface area contributed by atoms with Crippen molar-refractivity contribution in [3.05, 3.63) is 22.2 Å². The Balaban J connectivity index is 2.29. The first-order valence-corrected chi connectivity index (χ1v) is 10.3. The lowest BCUT2D eigenvalue weighted by atomic mass is 10.3. The zero-order chi connectivity index (χ0) is 15.1. The first-order chi connectivity index (χ1) is 9.10. The molecule has 0 aromatic heterocycles. The Morgan fingerprint density at radius 1 is 1.20 bits per heavy atom. The van der Waals surface area contributed by atoms with E-state index in [0.29, 0.717) is 6.42 Å². The van der Waals surface area contributed by atoms with Crippen LogP contribution in [0, 0.1) is 0 Å². The van der Waals surface area contributed by atoms with Gasteiger partial charge < -0.3 is 4.74 Å². The molecule has 2 rings (SSSR count). The van der Waals surface area contributed by atoms with Gasteiger partial charge in [0.05, 0.1) is 16.5 Å². The minimum Gasteiger partial charge on any atom is -0.488 e. The monoisotopic (exact) mass is 378 g/mol. The van der Waals surface area contributed by atoms with E-state index in [1.165, 1.54) is 6.07 Å². The van der Waals surface area contributed by atoms with Gasteiger partial charge in [0.25, 0.3) is 9.05 Å². The summed E-state index contributed by atoms with van der Waals surface area (Å²) in [6.07, 6.45) is -0.168. The summed E-state index contributed by atoms with van der Waals surface area (Å²) in [6, 6.07) is 2.46. The van der Waals surface area contributed by atoms with Crippen LogP contribution in [-0.2, 0) is 18.9 Å². The summed E-state index contributed by atoms with van der Waals surface area (Å²) < 4.78 is 50.6. The molecule has 0 amide bonds. The summed E-state index contributed by atoms with van der Waals surface area (Å²) in [6.45, 7) is 0. The van der Waals surface area contributed by atoms with Crippen molar-refractivity contribution in [2.45, 2.75) is 17.4 Å². The molecule has 1 aromatic carbocycles. The first-order valence-electron chi connectivity index (χ1n) is 5.40. The zero-order valence-corrected chi connectivity index (χ0v) is 13.7. The van der Waals surface area contributed by atoms with Crippen molar-refractivity contribution in [2.24, 2.45) is 0 Å². The molecule has 1 aromatic rings. The van der Waals surface area contributed by atoms with Gasteiger partial charge in [-0.05, 0) is 18.6 Å². The second-order valence-electron chi connectivity index (χ2n) is 4.27. The van der Waals surface area contributed by atoms with Crippen molar-refractivity contribution in [3.8, 4) is 5.75 Å². The van der Waals surface area contributed by atoms with Gasteiger partial charge in [-0.15, -0.1) is 0 Å². The van der Waals surface area contributed by atoms with E-state index in [0.717, 1.165) is 6.07 Å². The molecule has 10 heteroatoms. The summed E-state index contributed by atoms with van der Waals surface area (Å²) in [4.78, 5) is -0.322. The highest BCUT2D eigenvalue weighted by Gasteiger charge is 2.30. The molecule has 1 fully saturated rings. The van der Waals surface area contributed by atoms with Gasteiger partial charge in [-0.25, -0.2) is 16.8 Å². The molecule has 1 heterocycles. The average molecular weight is 380 g/mol. The predicted molar refractivity (Wildman–Crippen MR) is 77.2 cm³/mol. The van der Waals surface area contributed by atoms with Crippen LogP contribution in [0.3, 0.4) is 0 Å². The highest BCUT2D eigenvalue weighted by atomic mass is 35.7. The smallest absolute Gasteiger partial charge is 0.262 e. The van der Waals surface area contributed by atoms with E-state index in [9.17, 15) is 16.8 Å². The quantitative estimate of drug-likeness (QED) is 0.754. The molecule has 1 aliphatic rings. The molecule has 1 aliphatic heterocycles. The van der Waals surface area contributed by atoms with Gasteiger partial charge in [-0.2, -0.15) is 0 Å². The molecule has 0 saturated carbocycles. The van der Waals surface area contributed by atoms with Crippen LogP contribution in [0.15, 0.2) is 17.0 Å². The van der Waals surface area contributed by atoms with E-state index in [2.05, 4.69) is 0 Å². The number of benzene rings is 1. The van der Waals surface area contributed by atoms with Crippen LogP contribution in [0.1, 0.15) is 6.42 Å². The number of hydrogen-bond donors (Lipinski definition) is 0. The maximum atomic E-state index is 11.3. The van der Waals surface area contributed by atoms with Crippen LogP contribution in [0.2, 0.25) is 10.0 Å². The van der Waals surface area contributed by atoms with E-state index in [4.69, 9.17) is 38.6 Å². The van der Waals surface area contributed by atoms with E-state index in [1.54, 1.807) is 0 Å². The third kappa shape index (κ3) is 3.51. The summed E-state index contributed by atoms with van der Waals surface area (Å²) in [7, 11) is -1.90. The molecule has 1 atom stereocenters. The highest BCUT2D eigenvalue weighted by Crippen LogP contribution is 2.38. The fourth-order valence-corrected chi connectivity index (χ4v) is 5.19. The number of ether oxygens (including phenoxy) is 1. The normalized spacial score (nSPS) is 21.9. The maximum absolute atomic E-state index is 11.3. The second kappa shape index (κ2) is 5.53. The summed E-state index contributed by atoms with van der Waals surface area (Å²) >= 11 is 11.8. The molecule has 0 radical (unpaired) electrons. The van der Waals surface area contributed by atoms with Crippen LogP contribution >= 0.6 is 33.9 Å². The van der Waals surface area contributed by atoms with Gasteiger partial charge in [0.1, 0.15) is 21.8 Å². The van der Waals surface area contributed by atoms with E-state index < -0.39 is 25.0 Å². The largest absolute Gasteiger partial charge is 0.488 e. The Labute approximate surface area is 131 Å². The fraction of sp³-hybridized carbons (Fsp3) is 0.400. The third-order valence-electron chi connectivity index (χ3n) is 2.76. The minimum atomic E-state index is -4.01. The Morgan fingerprint density at radius 2 is 1.85 bits per heavy atom. The molecule has 0 aliphatic carbocycles. The van der Waals surface area contributed by atoms with Crippen molar-refractivity contribution in [1.82, 2.24) is 0 Å². The van der Waals surface area contributed by atoms with Crippen molar-refractivity contribution in [1.29, 1.82) is 0 Å². The number of sulfone groups is 1. The summed E-state index contributed by atoms with van der Waals surface area (Å²) in [5.74, 6) is 0.0797. The van der Waals surface area contributed by atoms with Crippen LogP contribution in [0.25, 0.3) is 0 Å². The van der Waals surface area contributed by atoms with Crippen molar-refractivity contribution >= 4 is 52.8 Å². The van der Waals surface area contributed by atoms with Crippen molar-refractivity contribution in [2.75, 3.05) is 11.5 Å². The van der Waals surface area contributed by atoms with Gasteiger partial charge in [0.2, 0.25) is 0 Å². The summed E-state index contributed by atoms with van der Waals surface area (Å²) in [5.41, 5.74) is 0. The van der Waals surface area contributed by atoms with Crippen LogP contribution in [-0.4, -0.2) is 34.4 Å². The number of rotatable bonds is 3. The Kier molecular flexibility index (Phi) is 4.47. The molecule has 0 bridgehead atoms. The molecule has 20 heavy (non-hydrogen) atoms. The molecule has 1 saturated heterocycles. The highest BCUT2D eigenvalue weighted by molar-refractivity contribution is 8.13. The molecule has 0 N–H and O–H groups in total. The lowest BCUT2D eigenvalue weighted by molar-refractivity contribution is 0.229. The predicted octanol–water partition coefficient (Wildman–Crippen LogP) is 2.49. The molecular formula is C10H9Cl3O5S2. The van der Waals surface area contributed by atoms with Gasteiger partial charge in [-0.3, -0.25) is 0 Å². The van der Waals surface area contributed by atoms with Gasteiger partial charge in [-0.1, -0.05) is 23.2 Å². The molecule has 5 nitrogen and oxygen atoms in total. The topological polar surface area (TPSA) is 77.5 Å². The lowest BCUT2D eigenvalue weighted by Crippen LogP contribution is -2.18. The van der Waals surface area contributed by atoms with Gasteiger partial charge in [0.15, 0.2) is 9.84 Å². The minimum absolute atomic E-state index is 0.0527. The molecule has 112 valence electrons. The number of halogens is 3. The molecular weight excluding hydrogens is 371 g/mol. The molecule has 0 spiro atoms. The van der Waals surface area contributed by atoms with Crippen molar-refractivity contribution in [3.63, 3.8) is 0 Å². The Hall–Kier alpha value is -0.210. The van der Waals surface area contributed by atoms with Gasteiger partial charge in [0, 0.05) is 10.7 Å². The molecule has 1 unspecified atom stereocenters.